The Morgan fingerprint density at radius 3 is 2.38 bits per heavy atom. The van der Waals surface area contributed by atoms with Crippen molar-refractivity contribution in [1.82, 2.24) is 10.2 Å². The summed E-state index contributed by atoms with van der Waals surface area (Å²) in [5.74, 6) is -0.0378. The first-order valence-electron chi connectivity index (χ1n) is 16.7. The van der Waals surface area contributed by atoms with Crippen LogP contribution >= 0.6 is 23.2 Å². The number of halogens is 2. The molecule has 1 saturated carbocycles. The Balaban J connectivity index is 1.08. The summed E-state index contributed by atoms with van der Waals surface area (Å²) in [6.07, 6.45) is 6.04. The van der Waals surface area contributed by atoms with Crippen LogP contribution in [0.5, 0.6) is 0 Å². The zero-order valence-electron chi connectivity index (χ0n) is 26.8. The quantitative estimate of drug-likeness (QED) is 0.247. The van der Waals surface area contributed by atoms with Gasteiger partial charge in [0.05, 0.1) is 46.0 Å². The zero-order chi connectivity index (χ0) is 33.7. The van der Waals surface area contributed by atoms with Crippen molar-refractivity contribution in [3.05, 3.63) is 88.4 Å². The third-order valence-electron chi connectivity index (χ3n) is 9.92. The van der Waals surface area contributed by atoms with Gasteiger partial charge in [0.1, 0.15) is 6.04 Å². The van der Waals surface area contributed by atoms with Gasteiger partial charge in [0.15, 0.2) is 0 Å². The summed E-state index contributed by atoms with van der Waals surface area (Å²) in [7, 11) is -4.29. The second-order valence-corrected chi connectivity index (χ2v) is 15.6. The van der Waals surface area contributed by atoms with Crippen molar-refractivity contribution in [1.29, 1.82) is 0 Å². The van der Waals surface area contributed by atoms with Gasteiger partial charge in [0, 0.05) is 25.7 Å². The van der Waals surface area contributed by atoms with Crippen LogP contribution in [0.4, 0.5) is 11.4 Å². The predicted octanol–water partition coefficient (Wildman–Crippen LogP) is 6.16. The van der Waals surface area contributed by atoms with Crippen LogP contribution in [0.25, 0.3) is 0 Å². The van der Waals surface area contributed by atoms with Gasteiger partial charge >= 0.3 is 0 Å². The maximum Gasteiger partial charge on any atom is 0.265 e. The number of ether oxygens (including phenoxy) is 1. The topological polar surface area (TPSA) is 108 Å². The molecule has 48 heavy (non-hydrogen) atoms. The molecular weight excluding hydrogens is 671 g/mol. The number of hydrogen-bond donors (Lipinski definition) is 2. The summed E-state index contributed by atoms with van der Waals surface area (Å²) in [5.41, 5.74) is 1.99. The molecule has 1 saturated heterocycles. The molecular formula is C36H42Cl2N4O5S. The van der Waals surface area contributed by atoms with Crippen molar-refractivity contribution in [3.63, 3.8) is 0 Å². The van der Waals surface area contributed by atoms with Gasteiger partial charge in [-0.15, -0.1) is 0 Å². The number of para-hydroxylation sites is 2. The van der Waals surface area contributed by atoms with E-state index in [4.69, 9.17) is 27.9 Å². The number of rotatable bonds is 11. The van der Waals surface area contributed by atoms with Crippen LogP contribution in [0, 0.1) is 11.8 Å². The van der Waals surface area contributed by atoms with Crippen LogP contribution < -0.4 is 14.9 Å². The van der Waals surface area contributed by atoms with Crippen molar-refractivity contribution in [2.45, 2.75) is 61.9 Å². The maximum absolute atomic E-state index is 14.0. The second-order valence-electron chi connectivity index (χ2n) is 12.9. The minimum atomic E-state index is -4.29. The predicted molar refractivity (Wildman–Crippen MR) is 189 cm³/mol. The van der Waals surface area contributed by atoms with E-state index in [9.17, 15) is 18.0 Å². The highest BCUT2D eigenvalue weighted by atomic mass is 35.5. The lowest BCUT2D eigenvalue weighted by atomic mass is 9.76. The molecule has 1 aliphatic carbocycles. The van der Waals surface area contributed by atoms with E-state index in [1.165, 1.54) is 23.8 Å². The SMILES string of the molecule is O=C(CC1C(=O)Nc2ccccc2N1S(=O)(=O)c1ccc(Cl)c(Cl)c1)NCC1CCC(C(CCc2ccccc2)N2CCOCC2)CC1. The van der Waals surface area contributed by atoms with Crippen LogP contribution in [-0.4, -0.2) is 70.1 Å². The van der Waals surface area contributed by atoms with E-state index in [0.717, 1.165) is 69.1 Å². The molecule has 3 aliphatic rings. The third kappa shape index (κ3) is 8.00. The summed E-state index contributed by atoms with van der Waals surface area (Å²) in [6, 6.07) is 20.5. The summed E-state index contributed by atoms with van der Waals surface area (Å²) in [5, 5.41) is 6.08. The summed E-state index contributed by atoms with van der Waals surface area (Å²) < 4.78 is 34.7. The first kappa shape index (κ1) is 34.7. The van der Waals surface area contributed by atoms with Crippen LogP contribution in [0.2, 0.25) is 10.0 Å². The summed E-state index contributed by atoms with van der Waals surface area (Å²) in [6.45, 7) is 3.97. The van der Waals surface area contributed by atoms with Gasteiger partial charge in [-0.2, -0.15) is 0 Å². The van der Waals surface area contributed by atoms with Crippen molar-refractivity contribution < 1.29 is 22.7 Å². The van der Waals surface area contributed by atoms with Gasteiger partial charge in [0.25, 0.3) is 10.0 Å². The number of nitrogens with one attached hydrogen (secondary N) is 2. The highest BCUT2D eigenvalue weighted by molar-refractivity contribution is 7.93. The van der Waals surface area contributed by atoms with E-state index in [0.29, 0.717) is 30.1 Å². The lowest BCUT2D eigenvalue weighted by molar-refractivity contribution is -0.125. The molecule has 2 N–H and O–H groups in total. The van der Waals surface area contributed by atoms with Crippen LogP contribution in [0.3, 0.4) is 0 Å². The molecule has 12 heteroatoms. The minimum Gasteiger partial charge on any atom is -0.379 e. The summed E-state index contributed by atoms with van der Waals surface area (Å²) >= 11 is 12.2. The molecule has 0 aromatic heterocycles. The van der Waals surface area contributed by atoms with E-state index in [2.05, 4.69) is 45.9 Å². The number of carbonyl (C=O) groups is 2. The minimum absolute atomic E-state index is 0.0731. The van der Waals surface area contributed by atoms with Gasteiger partial charge in [-0.1, -0.05) is 65.7 Å². The van der Waals surface area contributed by atoms with Crippen molar-refractivity contribution in [2.75, 3.05) is 42.5 Å². The first-order chi connectivity index (χ1) is 23.2. The lowest BCUT2D eigenvalue weighted by Crippen LogP contribution is -2.53. The van der Waals surface area contributed by atoms with Gasteiger partial charge in [0.2, 0.25) is 11.8 Å². The third-order valence-corrected chi connectivity index (χ3v) is 12.5. The molecule has 3 aromatic carbocycles. The van der Waals surface area contributed by atoms with Crippen LogP contribution in [0.15, 0.2) is 77.7 Å². The Bertz CT molecular complexity index is 1700. The number of benzene rings is 3. The molecule has 0 spiro atoms. The van der Waals surface area contributed by atoms with E-state index in [-0.39, 0.29) is 33.0 Å². The summed E-state index contributed by atoms with van der Waals surface area (Å²) in [4.78, 5) is 29.2. The molecule has 2 heterocycles. The number of aryl methyl sites for hydroxylation is 1. The van der Waals surface area contributed by atoms with E-state index in [1.807, 2.05) is 0 Å². The molecule has 3 aromatic rings. The molecule has 2 fully saturated rings. The van der Waals surface area contributed by atoms with Crippen LogP contribution in [0.1, 0.15) is 44.1 Å². The number of morpholine rings is 1. The van der Waals surface area contributed by atoms with E-state index >= 15 is 0 Å². The first-order valence-corrected chi connectivity index (χ1v) is 18.9. The number of nitrogens with zero attached hydrogens (tertiary/aromatic N) is 2. The fourth-order valence-corrected chi connectivity index (χ4v) is 9.37. The number of sulfonamides is 1. The fourth-order valence-electron chi connectivity index (χ4n) is 7.35. The number of amides is 2. The van der Waals surface area contributed by atoms with Gasteiger partial charge in [-0.25, -0.2) is 8.42 Å². The Morgan fingerprint density at radius 1 is 0.938 bits per heavy atom. The highest BCUT2D eigenvalue weighted by Gasteiger charge is 2.42. The maximum atomic E-state index is 14.0. The Labute approximate surface area is 293 Å². The van der Waals surface area contributed by atoms with Gasteiger partial charge in [-0.05, 0) is 86.3 Å². The standard InChI is InChI=1S/C36H42Cl2N4O5S/c37-29-16-15-28(22-30(29)38)48(45,46)42-33-9-5-4-8-31(33)40-36(44)34(42)23-35(43)39-24-26-10-13-27(14-11-26)32(41-18-20-47-21-19-41)17-12-25-6-2-1-3-7-25/h1-9,15-16,22,26-27,32,34H,10-14,17-21,23-24H2,(H,39,43)(H,40,44). The molecule has 6 rings (SSSR count). The average molecular weight is 714 g/mol. The highest BCUT2D eigenvalue weighted by Crippen LogP contribution is 2.39. The molecule has 2 atom stereocenters. The Kier molecular flexibility index (Phi) is 11.3. The van der Waals surface area contributed by atoms with E-state index < -0.39 is 22.0 Å². The Morgan fingerprint density at radius 2 is 1.65 bits per heavy atom. The molecule has 0 radical (unpaired) electrons. The van der Waals surface area contributed by atoms with Gasteiger partial charge < -0.3 is 15.4 Å². The lowest BCUT2D eigenvalue weighted by Gasteiger charge is -2.42. The molecule has 256 valence electrons. The molecule has 2 amide bonds. The molecule has 0 bridgehead atoms. The average Bonchev–Trinajstić information content (AvgIpc) is 3.10. The number of fused-ring (bicyclic) bond motifs is 1. The smallest absolute Gasteiger partial charge is 0.265 e. The van der Waals surface area contributed by atoms with Crippen molar-refractivity contribution in [2.24, 2.45) is 11.8 Å². The van der Waals surface area contributed by atoms with Crippen molar-refractivity contribution >= 4 is 56.4 Å². The number of hydrogen-bond acceptors (Lipinski definition) is 6. The Hall–Kier alpha value is -3.15. The fraction of sp³-hybridized carbons (Fsp3) is 0.444. The van der Waals surface area contributed by atoms with E-state index in [1.54, 1.807) is 24.3 Å². The molecule has 9 nitrogen and oxygen atoms in total. The van der Waals surface area contributed by atoms with Crippen LogP contribution in [-0.2, 0) is 30.8 Å². The van der Waals surface area contributed by atoms with Crippen molar-refractivity contribution in [3.8, 4) is 0 Å². The molecule has 2 aliphatic heterocycles. The second kappa shape index (κ2) is 15.6. The zero-order valence-corrected chi connectivity index (χ0v) is 29.2. The molecule has 2 unspecified atom stereocenters. The normalized spacial score (nSPS) is 22.4. The van der Waals surface area contributed by atoms with Gasteiger partial charge in [-0.3, -0.25) is 18.8 Å². The number of anilines is 2. The number of carbonyl (C=O) groups excluding carboxylic acids is 2. The largest absolute Gasteiger partial charge is 0.379 e. The monoisotopic (exact) mass is 712 g/mol.